The molecule has 0 aliphatic carbocycles. The molecule has 3 aromatic rings. The molecular formula is C19H18N4O2S2. The number of rotatable bonds is 6. The zero-order valence-electron chi connectivity index (χ0n) is 14.7. The smallest absolute Gasteiger partial charge is 0.321 e. The average molecular weight is 399 g/mol. The number of urea groups is 1. The fourth-order valence-electron chi connectivity index (χ4n) is 2.41. The number of aryl methyl sites for hydroxylation is 1. The standard InChI is InChI=1S/C19H18N4O2S2/c1-3-8-20-19(25)23-15(24)10-27-18-16-14(9-26-17(16)21-11-22-18)13-6-4-12(2)5-7-13/h3-7,9,11H,1,8,10H2,2H3,(H2,20,23,24,25). The second-order valence-corrected chi connectivity index (χ2v) is 7.53. The SMILES string of the molecule is C=CCNC(=O)NC(=O)CSc1ncnc2scc(-c3ccc(C)cc3)c12. The van der Waals surface area contributed by atoms with Gasteiger partial charge in [-0.25, -0.2) is 14.8 Å². The van der Waals surface area contributed by atoms with Gasteiger partial charge in [0.05, 0.1) is 11.1 Å². The van der Waals surface area contributed by atoms with Crippen LogP contribution in [-0.4, -0.2) is 34.2 Å². The third-order valence-corrected chi connectivity index (χ3v) is 5.57. The fourth-order valence-corrected chi connectivity index (χ4v) is 4.20. The first-order valence-corrected chi connectivity index (χ1v) is 10.1. The first kappa shape index (κ1) is 19.1. The van der Waals surface area contributed by atoms with Gasteiger partial charge in [-0.1, -0.05) is 47.7 Å². The van der Waals surface area contributed by atoms with Gasteiger partial charge in [-0.2, -0.15) is 0 Å². The summed E-state index contributed by atoms with van der Waals surface area (Å²) in [4.78, 5) is 33.1. The number of carbonyl (C=O) groups excluding carboxylic acids is 2. The van der Waals surface area contributed by atoms with E-state index in [4.69, 9.17) is 0 Å². The van der Waals surface area contributed by atoms with Gasteiger partial charge in [-0.05, 0) is 12.5 Å². The van der Waals surface area contributed by atoms with Crippen molar-refractivity contribution in [2.75, 3.05) is 12.3 Å². The maximum atomic E-state index is 12.0. The van der Waals surface area contributed by atoms with Crippen LogP contribution in [0.3, 0.4) is 0 Å². The molecule has 0 bridgehead atoms. The first-order chi connectivity index (χ1) is 13.1. The normalized spacial score (nSPS) is 10.6. The van der Waals surface area contributed by atoms with Gasteiger partial charge in [-0.15, -0.1) is 17.9 Å². The number of fused-ring (bicyclic) bond motifs is 1. The number of nitrogens with one attached hydrogen (secondary N) is 2. The Morgan fingerprint density at radius 2 is 2.04 bits per heavy atom. The van der Waals surface area contributed by atoms with Gasteiger partial charge in [0.25, 0.3) is 0 Å². The topological polar surface area (TPSA) is 84.0 Å². The van der Waals surface area contributed by atoms with Crippen LogP contribution in [0.1, 0.15) is 5.56 Å². The number of thioether (sulfide) groups is 1. The van der Waals surface area contributed by atoms with Crippen LogP contribution in [-0.2, 0) is 4.79 Å². The Bertz CT molecular complexity index is 983. The second-order valence-electron chi connectivity index (χ2n) is 5.71. The molecule has 6 nitrogen and oxygen atoms in total. The maximum Gasteiger partial charge on any atom is 0.321 e. The predicted octanol–water partition coefficient (Wildman–Crippen LogP) is 3.77. The summed E-state index contributed by atoms with van der Waals surface area (Å²) in [5.41, 5.74) is 3.31. The number of benzene rings is 1. The van der Waals surface area contributed by atoms with Crippen molar-refractivity contribution in [3.8, 4) is 11.1 Å². The number of aromatic nitrogens is 2. The van der Waals surface area contributed by atoms with Crippen molar-refractivity contribution in [2.24, 2.45) is 0 Å². The zero-order chi connectivity index (χ0) is 19.2. The summed E-state index contributed by atoms with van der Waals surface area (Å²) in [7, 11) is 0. The Labute approximate surface area is 165 Å². The van der Waals surface area contributed by atoms with Crippen LogP contribution in [0.5, 0.6) is 0 Å². The Balaban J connectivity index is 1.78. The minimum Gasteiger partial charge on any atom is -0.334 e. The second kappa shape index (κ2) is 8.79. The Hall–Kier alpha value is -2.71. The van der Waals surface area contributed by atoms with E-state index in [2.05, 4.69) is 56.8 Å². The predicted molar refractivity (Wildman–Crippen MR) is 110 cm³/mol. The van der Waals surface area contributed by atoms with E-state index in [0.29, 0.717) is 6.54 Å². The number of hydrogen-bond donors (Lipinski definition) is 2. The van der Waals surface area contributed by atoms with E-state index in [1.54, 1.807) is 17.4 Å². The van der Waals surface area contributed by atoms with E-state index in [-0.39, 0.29) is 11.7 Å². The van der Waals surface area contributed by atoms with Gasteiger partial charge >= 0.3 is 6.03 Å². The van der Waals surface area contributed by atoms with Crippen LogP contribution in [0.15, 0.2) is 53.7 Å². The van der Waals surface area contributed by atoms with Gasteiger partial charge in [0.2, 0.25) is 5.91 Å². The molecule has 0 atom stereocenters. The van der Waals surface area contributed by atoms with Crippen molar-refractivity contribution < 1.29 is 9.59 Å². The lowest BCUT2D eigenvalue weighted by Gasteiger charge is -2.07. The minimum absolute atomic E-state index is 0.0802. The van der Waals surface area contributed by atoms with E-state index in [9.17, 15) is 9.59 Å². The van der Waals surface area contributed by atoms with Gasteiger partial charge in [0, 0.05) is 17.5 Å². The molecule has 3 amide bonds. The monoisotopic (exact) mass is 398 g/mol. The van der Waals surface area contributed by atoms with Crippen molar-refractivity contribution in [2.45, 2.75) is 11.9 Å². The molecule has 1 aromatic carbocycles. The fraction of sp³-hybridized carbons (Fsp3) is 0.158. The molecule has 3 rings (SSSR count). The zero-order valence-corrected chi connectivity index (χ0v) is 16.3. The van der Waals surface area contributed by atoms with E-state index in [0.717, 1.165) is 26.4 Å². The highest BCUT2D eigenvalue weighted by atomic mass is 32.2. The van der Waals surface area contributed by atoms with Crippen LogP contribution in [0.4, 0.5) is 4.79 Å². The van der Waals surface area contributed by atoms with Crippen molar-refractivity contribution in [3.63, 3.8) is 0 Å². The van der Waals surface area contributed by atoms with Gasteiger partial charge < -0.3 is 5.32 Å². The molecular weight excluding hydrogens is 380 g/mol. The van der Waals surface area contributed by atoms with Crippen LogP contribution in [0, 0.1) is 6.92 Å². The largest absolute Gasteiger partial charge is 0.334 e. The van der Waals surface area contributed by atoms with Crippen LogP contribution < -0.4 is 10.6 Å². The summed E-state index contributed by atoms with van der Waals surface area (Å²) in [5, 5.41) is 8.48. The van der Waals surface area contributed by atoms with Crippen molar-refractivity contribution >= 4 is 45.3 Å². The third kappa shape index (κ3) is 4.72. The molecule has 0 saturated heterocycles. The van der Waals surface area contributed by atoms with Gasteiger partial charge in [0.15, 0.2) is 0 Å². The highest BCUT2D eigenvalue weighted by Crippen LogP contribution is 2.37. The van der Waals surface area contributed by atoms with Crippen molar-refractivity contribution in [1.82, 2.24) is 20.6 Å². The lowest BCUT2D eigenvalue weighted by Crippen LogP contribution is -2.40. The molecule has 2 heterocycles. The number of hydrogen-bond acceptors (Lipinski definition) is 6. The lowest BCUT2D eigenvalue weighted by atomic mass is 10.1. The summed E-state index contributed by atoms with van der Waals surface area (Å²) < 4.78 is 0. The number of nitrogens with zero attached hydrogens (tertiary/aromatic N) is 2. The molecule has 138 valence electrons. The molecule has 0 radical (unpaired) electrons. The highest BCUT2D eigenvalue weighted by Gasteiger charge is 2.15. The van der Waals surface area contributed by atoms with E-state index in [1.807, 2.05) is 6.92 Å². The highest BCUT2D eigenvalue weighted by molar-refractivity contribution is 8.00. The summed E-state index contributed by atoms with van der Waals surface area (Å²) in [5.74, 6) is -0.308. The van der Waals surface area contributed by atoms with E-state index in [1.165, 1.54) is 23.7 Å². The number of imide groups is 1. The molecule has 2 N–H and O–H groups in total. The van der Waals surface area contributed by atoms with Gasteiger partial charge in [-0.3, -0.25) is 10.1 Å². The number of amides is 3. The first-order valence-electron chi connectivity index (χ1n) is 8.19. The van der Waals surface area contributed by atoms with E-state index >= 15 is 0 Å². The molecule has 0 fully saturated rings. The molecule has 0 aliphatic rings. The Morgan fingerprint density at radius 1 is 1.26 bits per heavy atom. The van der Waals surface area contributed by atoms with E-state index < -0.39 is 6.03 Å². The molecule has 0 saturated carbocycles. The molecule has 0 unspecified atom stereocenters. The lowest BCUT2D eigenvalue weighted by molar-refractivity contribution is -0.117. The number of carbonyl (C=O) groups is 2. The molecule has 2 aromatic heterocycles. The summed E-state index contributed by atoms with van der Waals surface area (Å²) >= 11 is 2.83. The summed E-state index contributed by atoms with van der Waals surface area (Å²) in [6.07, 6.45) is 3.04. The quantitative estimate of drug-likeness (QED) is 0.375. The summed E-state index contributed by atoms with van der Waals surface area (Å²) in [6.45, 7) is 5.85. The van der Waals surface area contributed by atoms with Crippen LogP contribution in [0.25, 0.3) is 21.3 Å². The molecule has 0 aliphatic heterocycles. The van der Waals surface area contributed by atoms with Crippen molar-refractivity contribution in [3.05, 3.63) is 54.2 Å². The summed E-state index contributed by atoms with van der Waals surface area (Å²) in [6, 6.07) is 7.71. The Kier molecular flexibility index (Phi) is 6.20. The maximum absolute atomic E-state index is 12.0. The minimum atomic E-state index is -0.538. The van der Waals surface area contributed by atoms with Crippen LogP contribution >= 0.6 is 23.1 Å². The average Bonchev–Trinajstić information content (AvgIpc) is 3.10. The molecule has 0 spiro atoms. The van der Waals surface area contributed by atoms with Gasteiger partial charge in [0.1, 0.15) is 16.2 Å². The molecule has 27 heavy (non-hydrogen) atoms. The number of thiophene rings is 1. The van der Waals surface area contributed by atoms with Crippen molar-refractivity contribution in [1.29, 1.82) is 0 Å². The third-order valence-electron chi connectivity index (χ3n) is 3.70. The Morgan fingerprint density at radius 3 is 2.78 bits per heavy atom. The van der Waals surface area contributed by atoms with Crippen LogP contribution in [0.2, 0.25) is 0 Å². The molecule has 8 heteroatoms.